The average molecular weight is 430 g/mol. The van der Waals surface area contributed by atoms with E-state index in [2.05, 4.69) is 10.1 Å². The summed E-state index contributed by atoms with van der Waals surface area (Å²) in [6.45, 7) is 1.29. The van der Waals surface area contributed by atoms with E-state index in [9.17, 15) is 9.18 Å². The van der Waals surface area contributed by atoms with Gasteiger partial charge in [-0.15, -0.1) is 0 Å². The normalized spacial score (nSPS) is 14.7. The summed E-state index contributed by atoms with van der Waals surface area (Å²) in [6.07, 6.45) is 2.34. The molecule has 30 heavy (non-hydrogen) atoms. The second kappa shape index (κ2) is 8.83. The SMILES string of the molecule is COc1cc(Cl)ccc1C(=O)N1CCC(Cc2nc(-c3ccc(F)cc3)no2)CC1. The summed E-state index contributed by atoms with van der Waals surface area (Å²) in [6, 6.07) is 11.0. The summed E-state index contributed by atoms with van der Waals surface area (Å²) in [5, 5.41) is 4.52. The molecular weight excluding hydrogens is 409 g/mol. The van der Waals surface area contributed by atoms with Crippen LogP contribution in [0.5, 0.6) is 5.75 Å². The number of nitrogens with zero attached hydrogens (tertiary/aromatic N) is 3. The van der Waals surface area contributed by atoms with Gasteiger partial charge in [0.05, 0.1) is 12.7 Å². The van der Waals surface area contributed by atoms with Crippen molar-refractivity contribution in [1.29, 1.82) is 0 Å². The molecule has 2 aromatic carbocycles. The fourth-order valence-corrected chi connectivity index (χ4v) is 3.82. The lowest BCUT2D eigenvalue weighted by atomic mass is 9.93. The molecule has 8 heteroatoms. The van der Waals surface area contributed by atoms with Gasteiger partial charge in [-0.05, 0) is 61.2 Å². The molecule has 1 aliphatic heterocycles. The van der Waals surface area contributed by atoms with Crippen LogP contribution in [-0.4, -0.2) is 41.1 Å². The highest BCUT2D eigenvalue weighted by Crippen LogP contribution is 2.28. The van der Waals surface area contributed by atoms with E-state index in [-0.39, 0.29) is 11.7 Å². The lowest BCUT2D eigenvalue weighted by molar-refractivity contribution is 0.0684. The first-order valence-electron chi connectivity index (χ1n) is 9.75. The van der Waals surface area contributed by atoms with Crippen molar-refractivity contribution in [1.82, 2.24) is 15.0 Å². The van der Waals surface area contributed by atoms with Gasteiger partial charge in [-0.1, -0.05) is 16.8 Å². The lowest BCUT2D eigenvalue weighted by Gasteiger charge is -2.31. The van der Waals surface area contributed by atoms with Crippen LogP contribution in [0, 0.1) is 11.7 Å². The molecule has 0 saturated carbocycles. The zero-order valence-electron chi connectivity index (χ0n) is 16.5. The van der Waals surface area contributed by atoms with Gasteiger partial charge in [0, 0.05) is 30.1 Å². The predicted octanol–water partition coefficient (Wildman–Crippen LogP) is 4.63. The highest BCUT2D eigenvalue weighted by Gasteiger charge is 2.27. The van der Waals surface area contributed by atoms with Crippen LogP contribution in [0.2, 0.25) is 5.02 Å². The molecule has 0 spiro atoms. The largest absolute Gasteiger partial charge is 0.496 e. The van der Waals surface area contributed by atoms with Crippen molar-refractivity contribution < 1.29 is 18.4 Å². The highest BCUT2D eigenvalue weighted by molar-refractivity contribution is 6.30. The third kappa shape index (κ3) is 4.46. The van der Waals surface area contributed by atoms with Crippen LogP contribution in [0.4, 0.5) is 4.39 Å². The molecule has 1 fully saturated rings. The second-order valence-corrected chi connectivity index (χ2v) is 7.74. The van der Waals surface area contributed by atoms with Gasteiger partial charge in [0.1, 0.15) is 11.6 Å². The van der Waals surface area contributed by atoms with E-state index in [0.29, 0.717) is 59.0 Å². The number of carbonyl (C=O) groups excluding carboxylic acids is 1. The van der Waals surface area contributed by atoms with Gasteiger partial charge < -0.3 is 14.2 Å². The third-order valence-electron chi connectivity index (χ3n) is 5.33. The van der Waals surface area contributed by atoms with Crippen LogP contribution < -0.4 is 4.74 Å². The Labute approximate surface area is 178 Å². The Morgan fingerprint density at radius 3 is 2.67 bits per heavy atom. The maximum Gasteiger partial charge on any atom is 0.257 e. The number of rotatable bonds is 5. The minimum atomic E-state index is -0.306. The fraction of sp³-hybridized carbons (Fsp3) is 0.318. The highest BCUT2D eigenvalue weighted by atomic mass is 35.5. The number of aromatic nitrogens is 2. The molecule has 156 valence electrons. The van der Waals surface area contributed by atoms with Gasteiger partial charge in [0.25, 0.3) is 5.91 Å². The molecule has 6 nitrogen and oxygen atoms in total. The molecule has 0 N–H and O–H groups in total. The number of carbonyl (C=O) groups is 1. The van der Waals surface area contributed by atoms with Crippen LogP contribution in [0.3, 0.4) is 0 Å². The quantitative estimate of drug-likeness (QED) is 0.591. The first-order chi connectivity index (χ1) is 14.5. The number of benzene rings is 2. The van der Waals surface area contributed by atoms with Gasteiger partial charge >= 0.3 is 0 Å². The molecule has 0 radical (unpaired) electrons. The Bertz CT molecular complexity index is 1030. The summed E-state index contributed by atoms with van der Waals surface area (Å²) in [4.78, 5) is 19.1. The van der Waals surface area contributed by atoms with Gasteiger partial charge in [0.15, 0.2) is 0 Å². The van der Waals surface area contributed by atoms with Crippen molar-refractivity contribution >= 4 is 17.5 Å². The number of amides is 1. The first-order valence-corrected chi connectivity index (χ1v) is 10.1. The Hall–Kier alpha value is -2.93. The molecule has 2 heterocycles. The van der Waals surface area contributed by atoms with Crippen molar-refractivity contribution in [3.8, 4) is 17.1 Å². The predicted molar refractivity (Wildman–Crippen MR) is 110 cm³/mol. The number of likely N-dealkylation sites (tertiary alicyclic amines) is 1. The number of halogens is 2. The van der Waals surface area contributed by atoms with Crippen LogP contribution >= 0.6 is 11.6 Å². The lowest BCUT2D eigenvalue weighted by Crippen LogP contribution is -2.39. The van der Waals surface area contributed by atoms with Crippen molar-refractivity contribution in [2.45, 2.75) is 19.3 Å². The molecule has 0 atom stereocenters. The zero-order valence-corrected chi connectivity index (χ0v) is 17.2. The van der Waals surface area contributed by atoms with E-state index in [1.807, 2.05) is 4.90 Å². The Morgan fingerprint density at radius 2 is 1.97 bits per heavy atom. The third-order valence-corrected chi connectivity index (χ3v) is 5.56. The Balaban J connectivity index is 1.35. The van der Waals surface area contributed by atoms with E-state index in [4.69, 9.17) is 20.9 Å². The minimum Gasteiger partial charge on any atom is -0.496 e. The molecule has 0 bridgehead atoms. The summed E-state index contributed by atoms with van der Waals surface area (Å²) in [7, 11) is 1.53. The van der Waals surface area contributed by atoms with E-state index < -0.39 is 0 Å². The number of hydrogen-bond acceptors (Lipinski definition) is 5. The molecule has 1 saturated heterocycles. The topological polar surface area (TPSA) is 68.5 Å². The molecule has 3 aromatic rings. The first kappa shape index (κ1) is 20.3. The van der Waals surface area contributed by atoms with E-state index in [1.165, 1.54) is 19.2 Å². The molecule has 1 aromatic heterocycles. The van der Waals surface area contributed by atoms with Gasteiger partial charge in [-0.3, -0.25) is 4.79 Å². The Morgan fingerprint density at radius 1 is 1.23 bits per heavy atom. The molecule has 0 unspecified atom stereocenters. The van der Waals surface area contributed by atoms with Crippen molar-refractivity contribution in [2.24, 2.45) is 5.92 Å². The summed E-state index contributed by atoms with van der Waals surface area (Å²) in [5.74, 6) is 1.47. The standard InChI is InChI=1S/C22H21ClFN3O3/c1-29-19-13-16(23)4-7-18(19)22(28)27-10-8-14(9-11-27)12-20-25-21(26-30-20)15-2-5-17(24)6-3-15/h2-7,13-14H,8-12H2,1H3. The second-order valence-electron chi connectivity index (χ2n) is 7.30. The van der Waals surface area contributed by atoms with E-state index in [1.54, 1.807) is 30.3 Å². The summed E-state index contributed by atoms with van der Waals surface area (Å²) in [5.41, 5.74) is 1.23. The number of hydrogen-bond donors (Lipinski definition) is 0. The maximum atomic E-state index is 13.1. The summed E-state index contributed by atoms with van der Waals surface area (Å²) < 4.78 is 23.7. The number of methoxy groups -OCH3 is 1. The molecular formula is C22H21ClFN3O3. The van der Waals surface area contributed by atoms with Crippen LogP contribution in [-0.2, 0) is 6.42 Å². The maximum absolute atomic E-state index is 13.1. The van der Waals surface area contributed by atoms with Crippen LogP contribution in [0.25, 0.3) is 11.4 Å². The van der Waals surface area contributed by atoms with Crippen molar-refractivity contribution in [3.63, 3.8) is 0 Å². The van der Waals surface area contributed by atoms with E-state index in [0.717, 1.165) is 12.8 Å². The Kier molecular flexibility index (Phi) is 5.99. The van der Waals surface area contributed by atoms with Crippen LogP contribution in [0.15, 0.2) is 47.0 Å². The average Bonchev–Trinajstić information content (AvgIpc) is 3.22. The molecule has 4 rings (SSSR count). The molecule has 0 aliphatic carbocycles. The smallest absolute Gasteiger partial charge is 0.257 e. The zero-order chi connectivity index (χ0) is 21.1. The number of piperidine rings is 1. The molecule has 1 aliphatic rings. The van der Waals surface area contributed by atoms with Gasteiger partial charge in [-0.2, -0.15) is 4.98 Å². The summed E-state index contributed by atoms with van der Waals surface area (Å²) >= 11 is 5.99. The molecule has 1 amide bonds. The van der Waals surface area contributed by atoms with Gasteiger partial charge in [0.2, 0.25) is 11.7 Å². The van der Waals surface area contributed by atoms with Crippen LogP contribution in [0.1, 0.15) is 29.1 Å². The van der Waals surface area contributed by atoms with Gasteiger partial charge in [-0.25, -0.2) is 4.39 Å². The van der Waals surface area contributed by atoms with Crippen molar-refractivity contribution in [3.05, 3.63) is 64.8 Å². The van der Waals surface area contributed by atoms with E-state index >= 15 is 0 Å². The fourth-order valence-electron chi connectivity index (χ4n) is 3.65. The van der Waals surface area contributed by atoms with Crippen molar-refractivity contribution in [2.75, 3.05) is 20.2 Å². The number of ether oxygens (including phenoxy) is 1. The monoisotopic (exact) mass is 429 g/mol. The minimum absolute atomic E-state index is 0.0571.